The van der Waals surface area contributed by atoms with Gasteiger partial charge in [-0.1, -0.05) is 12.1 Å². The smallest absolute Gasteiger partial charge is 0.255 e. The highest BCUT2D eigenvalue weighted by molar-refractivity contribution is 6.05. The number of carbonyl (C=O) groups excluding carboxylic acids is 3. The molecule has 0 saturated carbocycles. The van der Waals surface area contributed by atoms with Crippen molar-refractivity contribution >= 4 is 34.4 Å². The zero-order valence-corrected chi connectivity index (χ0v) is 19.1. The van der Waals surface area contributed by atoms with Gasteiger partial charge in [0, 0.05) is 56.6 Å². The van der Waals surface area contributed by atoms with Crippen LogP contribution in [0.25, 0.3) is 10.9 Å². The van der Waals surface area contributed by atoms with Crippen molar-refractivity contribution in [3.63, 3.8) is 0 Å². The van der Waals surface area contributed by atoms with Gasteiger partial charge in [0.05, 0.1) is 5.52 Å². The molecule has 0 bridgehead atoms. The van der Waals surface area contributed by atoms with Crippen molar-refractivity contribution in [3.05, 3.63) is 58.9 Å². The lowest BCUT2D eigenvalue weighted by Gasteiger charge is -2.35. The number of benzene rings is 2. The standard InChI is InChI=1S/C25H25FN6O3/c26-17-2-4-19-20(12-17)28-29-23(19)31-9-7-30(8-10-31)13-15-1-3-18-16(11-15)14-32(25(18)35)21-5-6-22(33)27-24(21)34/h1-4,11-12,21H,5-10,13-14H2,(H,28,29)(H,27,33,34). The molecule has 180 valence electrons. The highest BCUT2D eigenvalue weighted by atomic mass is 19.1. The highest BCUT2D eigenvalue weighted by Crippen LogP contribution is 2.29. The minimum atomic E-state index is -0.598. The summed E-state index contributed by atoms with van der Waals surface area (Å²) < 4.78 is 13.5. The summed E-state index contributed by atoms with van der Waals surface area (Å²) in [5.41, 5.74) is 3.37. The molecule has 1 unspecified atom stereocenters. The summed E-state index contributed by atoms with van der Waals surface area (Å²) in [5.74, 6) is -0.263. The Balaban J connectivity index is 1.10. The van der Waals surface area contributed by atoms with Gasteiger partial charge < -0.3 is 9.80 Å². The molecule has 0 aliphatic carbocycles. The minimum absolute atomic E-state index is 0.152. The van der Waals surface area contributed by atoms with E-state index in [1.54, 1.807) is 11.0 Å². The second-order valence-electron chi connectivity index (χ2n) is 9.39. The van der Waals surface area contributed by atoms with E-state index in [4.69, 9.17) is 0 Å². The lowest BCUT2D eigenvalue weighted by atomic mass is 10.0. The molecule has 1 atom stereocenters. The van der Waals surface area contributed by atoms with Crippen molar-refractivity contribution in [3.8, 4) is 0 Å². The third-order valence-electron chi connectivity index (χ3n) is 7.17. The first kappa shape index (κ1) is 21.7. The first-order valence-corrected chi connectivity index (χ1v) is 11.8. The minimum Gasteiger partial charge on any atom is -0.352 e. The number of aromatic amines is 1. The molecule has 3 aliphatic rings. The van der Waals surface area contributed by atoms with Gasteiger partial charge in [-0.3, -0.25) is 29.7 Å². The van der Waals surface area contributed by atoms with Crippen LogP contribution in [0.3, 0.4) is 0 Å². The van der Waals surface area contributed by atoms with Crippen LogP contribution in [0.2, 0.25) is 0 Å². The Bertz CT molecular complexity index is 1350. The third kappa shape index (κ3) is 3.93. The molecule has 6 rings (SSSR count). The highest BCUT2D eigenvalue weighted by Gasteiger charge is 2.39. The Kier molecular flexibility index (Phi) is 5.25. The van der Waals surface area contributed by atoms with Gasteiger partial charge in [0.15, 0.2) is 5.82 Å². The summed E-state index contributed by atoms with van der Waals surface area (Å²) in [5, 5.41) is 10.6. The first-order chi connectivity index (χ1) is 17.0. The van der Waals surface area contributed by atoms with Crippen molar-refractivity contribution in [2.24, 2.45) is 0 Å². The number of amides is 3. The van der Waals surface area contributed by atoms with Gasteiger partial charge in [0.25, 0.3) is 5.91 Å². The van der Waals surface area contributed by atoms with Gasteiger partial charge in [0.2, 0.25) is 11.8 Å². The number of fused-ring (bicyclic) bond motifs is 2. The Hall–Kier alpha value is -3.79. The number of aromatic nitrogens is 2. The van der Waals surface area contributed by atoms with Crippen molar-refractivity contribution < 1.29 is 18.8 Å². The number of carbonyl (C=O) groups is 3. The molecular weight excluding hydrogens is 451 g/mol. The molecule has 3 aliphatic heterocycles. The molecule has 1 aromatic heterocycles. The van der Waals surface area contributed by atoms with Crippen LogP contribution in [0.15, 0.2) is 36.4 Å². The molecular formula is C25H25FN6O3. The molecule has 4 heterocycles. The molecule has 2 aromatic carbocycles. The number of nitrogens with one attached hydrogen (secondary N) is 2. The van der Waals surface area contributed by atoms with Crippen LogP contribution in [-0.2, 0) is 22.7 Å². The Labute approximate surface area is 200 Å². The Morgan fingerprint density at radius 2 is 1.86 bits per heavy atom. The Morgan fingerprint density at radius 1 is 1.03 bits per heavy atom. The van der Waals surface area contributed by atoms with Crippen LogP contribution in [0.1, 0.15) is 34.3 Å². The van der Waals surface area contributed by atoms with Gasteiger partial charge in [-0.25, -0.2) is 4.39 Å². The van der Waals surface area contributed by atoms with Gasteiger partial charge in [0.1, 0.15) is 11.9 Å². The number of H-pyrrole nitrogens is 1. The van der Waals surface area contributed by atoms with Gasteiger partial charge in [-0.15, -0.1) is 0 Å². The Morgan fingerprint density at radius 3 is 2.66 bits per heavy atom. The van der Waals surface area contributed by atoms with Crippen molar-refractivity contribution in [2.45, 2.75) is 32.0 Å². The van der Waals surface area contributed by atoms with E-state index in [-0.39, 0.29) is 24.1 Å². The predicted molar refractivity (Wildman–Crippen MR) is 126 cm³/mol. The molecule has 10 heteroatoms. The molecule has 35 heavy (non-hydrogen) atoms. The number of anilines is 1. The lowest BCUT2D eigenvalue weighted by Crippen LogP contribution is -2.52. The number of nitrogens with zero attached hydrogens (tertiary/aromatic N) is 4. The fraction of sp³-hybridized carbons (Fsp3) is 0.360. The molecule has 3 aromatic rings. The van der Waals surface area contributed by atoms with E-state index in [0.717, 1.165) is 55.1 Å². The monoisotopic (exact) mass is 476 g/mol. The number of piperidine rings is 1. The van der Waals surface area contributed by atoms with E-state index in [9.17, 15) is 18.8 Å². The fourth-order valence-corrected chi connectivity index (χ4v) is 5.32. The van der Waals surface area contributed by atoms with Crippen LogP contribution in [0, 0.1) is 5.82 Å². The van der Waals surface area contributed by atoms with E-state index >= 15 is 0 Å². The maximum atomic E-state index is 13.5. The summed E-state index contributed by atoms with van der Waals surface area (Å²) in [6.07, 6.45) is 0.612. The number of rotatable bonds is 4. The molecule has 3 amide bonds. The van der Waals surface area contributed by atoms with Crippen molar-refractivity contribution in [2.75, 3.05) is 31.1 Å². The first-order valence-electron chi connectivity index (χ1n) is 11.8. The zero-order chi connectivity index (χ0) is 24.1. The maximum absolute atomic E-state index is 13.5. The van der Waals surface area contributed by atoms with E-state index in [1.165, 1.54) is 12.1 Å². The number of halogens is 1. The van der Waals surface area contributed by atoms with E-state index in [1.807, 2.05) is 12.1 Å². The number of piperazine rings is 1. The van der Waals surface area contributed by atoms with Crippen LogP contribution in [0.5, 0.6) is 0 Å². The van der Waals surface area contributed by atoms with Gasteiger partial charge in [-0.2, -0.15) is 5.10 Å². The summed E-state index contributed by atoms with van der Waals surface area (Å²) in [7, 11) is 0. The maximum Gasteiger partial charge on any atom is 0.255 e. The average Bonchev–Trinajstić information content (AvgIpc) is 3.40. The summed E-state index contributed by atoms with van der Waals surface area (Å²) in [4.78, 5) is 42.8. The number of hydrogen-bond acceptors (Lipinski definition) is 6. The summed E-state index contributed by atoms with van der Waals surface area (Å²) in [6, 6.07) is 9.97. The average molecular weight is 477 g/mol. The van der Waals surface area contributed by atoms with Crippen molar-refractivity contribution in [1.82, 2.24) is 25.3 Å². The third-order valence-corrected chi connectivity index (χ3v) is 7.17. The fourth-order valence-electron chi connectivity index (χ4n) is 5.32. The molecule has 2 saturated heterocycles. The predicted octanol–water partition coefficient (Wildman–Crippen LogP) is 1.79. The van der Waals surface area contributed by atoms with Crippen LogP contribution in [0.4, 0.5) is 10.2 Å². The lowest BCUT2D eigenvalue weighted by molar-refractivity contribution is -0.136. The van der Waals surface area contributed by atoms with Crippen LogP contribution in [-0.4, -0.2) is 69.9 Å². The van der Waals surface area contributed by atoms with Crippen LogP contribution >= 0.6 is 0 Å². The summed E-state index contributed by atoms with van der Waals surface area (Å²) in [6.45, 7) is 4.48. The second-order valence-corrected chi connectivity index (χ2v) is 9.39. The topological polar surface area (TPSA) is 102 Å². The SMILES string of the molecule is O=C1CCC(N2Cc3cc(CN4CCN(c5n[nH]c6cc(F)ccc56)CC4)ccc3C2=O)C(=O)N1. The second kappa shape index (κ2) is 8.46. The van der Waals surface area contributed by atoms with E-state index in [2.05, 4.69) is 31.4 Å². The zero-order valence-electron chi connectivity index (χ0n) is 19.1. The van der Waals surface area contributed by atoms with Crippen molar-refractivity contribution in [1.29, 1.82) is 0 Å². The molecule has 2 fully saturated rings. The largest absolute Gasteiger partial charge is 0.352 e. The normalized spacial score (nSPS) is 21.1. The molecule has 0 radical (unpaired) electrons. The number of hydrogen-bond donors (Lipinski definition) is 2. The molecule has 0 spiro atoms. The number of imide groups is 1. The molecule has 2 N–H and O–H groups in total. The van der Waals surface area contributed by atoms with Gasteiger partial charge >= 0.3 is 0 Å². The molecule has 9 nitrogen and oxygen atoms in total. The van der Waals surface area contributed by atoms with Crippen LogP contribution < -0.4 is 10.2 Å². The van der Waals surface area contributed by atoms with E-state index < -0.39 is 11.9 Å². The van der Waals surface area contributed by atoms with E-state index in [0.29, 0.717) is 24.0 Å². The quantitative estimate of drug-likeness (QED) is 0.557. The van der Waals surface area contributed by atoms with Gasteiger partial charge in [-0.05, 0) is 41.8 Å². The summed E-state index contributed by atoms with van der Waals surface area (Å²) >= 11 is 0.